The standard InChI is InChI=1S/C18H26FIO/c1-13(8-10-20)17(14-4-6-16(19)7-5-14)15-9-11-21-18(2,3)12-15/h4-7,13,15,17H,8-12H2,1-3H3. The van der Waals surface area contributed by atoms with Gasteiger partial charge in [-0.25, -0.2) is 4.39 Å². The minimum atomic E-state index is -0.147. The molecule has 1 heterocycles. The normalized spacial score (nSPS) is 24.5. The second-order valence-electron chi connectivity index (χ2n) is 6.89. The molecule has 0 bridgehead atoms. The maximum atomic E-state index is 13.2. The largest absolute Gasteiger partial charge is 0.376 e. The topological polar surface area (TPSA) is 9.23 Å². The summed E-state index contributed by atoms with van der Waals surface area (Å²) >= 11 is 2.45. The summed E-state index contributed by atoms with van der Waals surface area (Å²) in [6.45, 7) is 7.55. The van der Waals surface area contributed by atoms with Gasteiger partial charge in [0.15, 0.2) is 0 Å². The Balaban J connectivity index is 2.25. The summed E-state index contributed by atoms with van der Waals surface area (Å²) in [6.07, 6.45) is 3.40. The Hall–Kier alpha value is -0.160. The molecule has 1 aliphatic rings. The highest BCUT2D eigenvalue weighted by atomic mass is 127. The van der Waals surface area contributed by atoms with Gasteiger partial charge in [-0.15, -0.1) is 0 Å². The van der Waals surface area contributed by atoms with Gasteiger partial charge < -0.3 is 4.74 Å². The fourth-order valence-corrected chi connectivity index (χ4v) is 4.67. The maximum absolute atomic E-state index is 13.2. The smallest absolute Gasteiger partial charge is 0.123 e. The number of benzene rings is 1. The van der Waals surface area contributed by atoms with E-state index in [0.717, 1.165) is 19.4 Å². The molecular weight excluding hydrogens is 378 g/mol. The lowest BCUT2D eigenvalue weighted by Gasteiger charge is -2.41. The van der Waals surface area contributed by atoms with Gasteiger partial charge in [0.25, 0.3) is 0 Å². The number of alkyl halides is 1. The third-order valence-electron chi connectivity index (χ3n) is 4.68. The van der Waals surface area contributed by atoms with Crippen molar-refractivity contribution in [2.75, 3.05) is 11.0 Å². The van der Waals surface area contributed by atoms with Crippen LogP contribution in [0.15, 0.2) is 24.3 Å². The summed E-state index contributed by atoms with van der Waals surface area (Å²) < 4.78 is 20.3. The average molecular weight is 404 g/mol. The van der Waals surface area contributed by atoms with Crippen molar-refractivity contribution < 1.29 is 9.13 Å². The SMILES string of the molecule is CC(CCI)C(c1ccc(F)cc1)C1CCOC(C)(C)C1. The number of ether oxygens (including phenoxy) is 1. The molecule has 0 aliphatic carbocycles. The van der Waals surface area contributed by atoms with Gasteiger partial charge in [-0.3, -0.25) is 0 Å². The highest BCUT2D eigenvalue weighted by molar-refractivity contribution is 14.1. The van der Waals surface area contributed by atoms with Crippen molar-refractivity contribution in [3.05, 3.63) is 35.6 Å². The molecular formula is C18H26FIO. The molecule has 0 saturated carbocycles. The fourth-order valence-electron chi connectivity index (χ4n) is 3.69. The molecule has 1 aliphatic heterocycles. The molecule has 0 spiro atoms. The van der Waals surface area contributed by atoms with Crippen LogP contribution in [0, 0.1) is 17.7 Å². The van der Waals surface area contributed by atoms with Gasteiger partial charge in [0, 0.05) is 6.61 Å². The van der Waals surface area contributed by atoms with Crippen molar-refractivity contribution in [3.8, 4) is 0 Å². The van der Waals surface area contributed by atoms with Crippen molar-refractivity contribution in [2.45, 2.75) is 51.6 Å². The van der Waals surface area contributed by atoms with Crippen LogP contribution in [-0.2, 0) is 4.74 Å². The van der Waals surface area contributed by atoms with Gasteiger partial charge in [0.05, 0.1) is 5.60 Å². The van der Waals surface area contributed by atoms with E-state index in [4.69, 9.17) is 4.74 Å². The van der Waals surface area contributed by atoms with Gasteiger partial charge in [0.2, 0.25) is 0 Å². The van der Waals surface area contributed by atoms with Crippen molar-refractivity contribution in [1.29, 1.82) is 0 Å². The number of hydrogen-bond donors (Lipinski definition) is 0. The molecule has 1 fully saturated rings. The summed E-state index contributed by atoms with van der Waals surface area (Å²) in [5.41, 5.74) is 1.25. The van der Waals surface area contributed by atoms with E-state index in [2.05, 4.69) is 43.4 Å². The zero-order chi connectivity index (χ0) is 15.5. The Morgan fingerprint density at radius 3 is 2.57 bits per heavy atom. The van der Waals surface area contributed by atoms with E-state index in [1.54, 1.807) is 12.1 Å². The Kier molecular flexibility index (Phi) is 6.06. The van der Waals surface area contributed by atoms with Crippen LogP contribution in [0.25, 0.3) is 0 Å². The van der Waals surface area contributed by atoms with E-state index in [1.807, 2.05) is 12.1 Å². The van der Waals surface area contributed by atoms with Crippen LogP contribution < -0.4 is 0 Å². The first kappa shape index (κ1) is 17.2. The molecule has 2 rings (SSSR count). The van der Waals surface area contributed by atoms with Crippen LogP contribution >= 0.6 is 22.6 Å². The quantitative estimate of drug-likeness (QED) is 0.460. The summed E-state index contributed by atoms with van der Waals surface area (Å²) in [6, 6.07) is 7.16. The summed E-state index contributed by atoms with van der Waals surface area (Å²) in [5, 5.41) is 0. The first-order valence-corrected chi connectivity index (χ1v) is 9.41. The molecule has 3 atom stereocenters. The molecule has 3 unspecified atom stereocenters. The minimum absolute atomic E-state index is 0.0365. The molecule has 0 radical (unpaired) electrons. The monoisotopic (exact) mass is 404 g/mol. The van der Waals surface area contributed by atoms with Gasteiger partial charge in [0.1, 0.15) is 5.82 Å². The van der Waals surface area contributed by atoms with E-state index < -0.39 is 0 Å². The van der Waals surface area contributed by atoms with E-state index in [9.17, 15) is 4.39 Å². The molecule has 1 aromatic rings. The lowest BCUT2D eigenvalue weighted by atomic mass is 9.70. The summed E-state index contributed by atoms with van der Waals surface area (Å²) in [5.74, 6) is 1.60. The van der Waals surface area contributed by atoms with Gasteiger partial charge >= 0.3 is 0 Å². The zero-order valence-electron chi connectivity index (χ0n) is 13.2. The Morgan fingerprint density at radius 2 is 2.00 bits per heavy atom. The van der Waals surface area contributed by atoms with E-state index in [1.165, 1.54) is 16.4 Å². The molecule has 1 aromatic carbocycles. The van der Waals surface area contributed by atoms with E-state index >= 15 is 0 Å². The van der Waals surface area contributed by atoms with Crippen molar-refractivity contribution in [2.24, 2.45) is 11.8 Å². The average Bonchev–Trinajstić information content (AvgIpc) is 2.40. The predicted molar refractivity (Wildman–Crippen MR) is 94.6 cm³/mol. The molecule has 0 N–H and O–H groups in total. The molecule has 0 aromatic heterocycles. The number of hydrogen-bond acceptors (Lipinski definition) is 1. The second-order valence-corrected chi connectivity index (χ2v) is 7.97. The van der Waals surface area contributed by atoms with Crippen LogP contribution in [0.5, 0.6) is 0 Å². The Morgan fingerprint density at radius 1 is 1.33 bits per heavy atom. The molecule has 3 heteroatoms. The van der Waals surface area contributed by atoms with Crippen LogP contribution in [-0.4, -0.2) is 16.6 Å². The zero-order valence-corrected chi connectivity index (χ0v) is 15.4. The molecule has 1 nitrogen and oxygen atoms in total. The van der Waals surface area contributed by atoms with Crippen LogP contribution in [0.3, 0.4) is 0 Å². The number of rotatable bonds is 5. The molecule has 1 saturated heterocycles. The second kappa shape index (κ2) is 7.40. The van der Waals surface area contributed by atoms with Crippen LogP contribution in [0.4, 0.5) is 4.39 Å². The highest BCUT2D eigenvalue weighted by Gasteiger charge is 2.36. The Bertz CT molecular complexity index is 443. The summed E-state index contributed by atoms with van der Waals surface area (Å²) in [4.78, 5) is 0. The minimum Gasteiger partial charge on any atom is -0.376 e. The van der Waals surface area contributed by atoms with Crippen LogP contribution in [0.1, 0.15) is 51.5 Å². The van der Waals surface area contributed by atoms with Crippen LogP contribution in [0.2, 0.25) is 0 Å². The summed E-state index contributed by atoms with van der Waals surface area (Å²) in [7, 11) is 0. The predicted octanol–water partition coefficient (Wildman–Crippen LogP) is 5.58. The van der Waals surface area contributed by atoms with Gasteiger partial charge in [-0.1, -0.05) is 41.6 Å². The lowest BCUT2D eigenvalue weighted by Crippen LogP contribution is -2.37. The van der Waals surface area contributed by atoms with E-state index in [0.29, 0.717) is 17.8 Å². The maximum Gasteiger partial charge on any atom is 0.123 e. The first-order chi connectivity index (χ1) is 9.93. The van der Waals surface area contributed by atoms with Crippen molar-refractivity contribution in [1.82, 2.24) is 0 Å². The fraction of sp³-hybridized carbons (Fsp3) is 0.667. The first-order valence-electron chi connectivity index (χ1n) is 7.88. The third-order valence-corrected chi connectivity index (χ3v) is 5.30. The lowest BCUT2D eigenvalue weighted by molar-refractivity contribution is -0.0796. The van der Waals surface area contributed by atoms with Crippen molar-refractivity contribution >= 4 is 22.6 Å². The van der Waals surface area contributed by atoms with E-state index in [-0.39, 0.29) is 11.4 Å². The molecule has 21 heavy (non-hydrogen) atoms. The van der Waals surface area contributed by atoms with Gasteiger partial charge in [-0.2, -0.15) is 0 Å². The Labute approximate surface area is 141 Å². The van der Waals surface area contributed by atoms with Crippen molar-refractivity contribution in [3.63, 3.8) is 0 Å². The van der Waals surface area contributed by atoms with Gasteiger partial charge in [-0.05, 0) is 73.0 Å². The molecule has 0 amide bonds. The highest BCUT2D eigenvalue weighted by Crippen LogP contribution is 2.43. The molecule has 118 valence electrons. The number of halogens is 2. The third kappa shape index (κ3) is 4.65.